The molecule has 0 saturated heterocycles. The van der Waals surface area contributed by atoms with Gasteiger partial charge in [-0.25, -0.2) is 4.79 Å². The molecule has 0 aliphatic heterocycles. The Morgan fingerprint density at radius 3 is 2.57 bits per heavy atom. The molecule has 1 aromatic heterocycles. The van der Waals surface area contributed by atoms with Gasteiger partial charge in [-0.05, 0) is 55.5 Å². The lowest BCUT2D eigenvalue weighted by Crippen LogP contribution is -2.30. The first kappa shape index (κ1) is 14.3. The van der Waals surface area contributed by atoms with Crippen LogP contribution >= 0.6 is 0 Å². The van der Waals surface area contributed by atoms with E-state index in [4.69, 9.17) is 4.42 Å². The van der Waals surface area contributed by atoms with Crippen molar-refractivity contribution in [3.63, 3.8) is 0 Å². The number of aryl methyl sites for hydroxylation is 2. The fourth-order valence-electron chi connectivity index (χ4n) is 3.19. The molecule has 3 nitrogen and oxygen atoms in total. The first-order valence-electron chi connectivity index (χ1n) is 7.91. The average Bonchev–Trinajstić information content (AvgIpc) is 2.48. The predicted molar refractivity (Wildman–Crippen MR) is 85.7 cm³/mol. The molecule has 2 aromatic rings. The molecule has 1 fully saturated rings. The third kappa shape index (κ3) is 3.18. The van der Waals surface area contributed by atoms with Gasteiger partial charge in [-0.15, -0.1) is 0 Å². The first-order valence-corrected chi connectivity index (χ1v) is 7.91. The van der Waals surface area contributed by atoms with Crippen LogP contribution in [0.15, 0.2) is 27.4 Å². The van der Waals surface area contributed by atoms with Gasteiger partial charge in [0.1, 0.15) is 5.58 Å². The Bertz CT molecular complexity index is 696. The number of hydrogen-bond donors (Lipinski definition) is 1. The summed E-state index contributed by atoms with van der Waals surface area (Å²) in [7, 11) is 0. The van der Waals surface area contributed by atoms with Gasteiger partial charge in [0.05, 0.1) is 0 Å². The van der Waals surface area contributed by atoms with Gasteiger partial charge < -0.3 is 9.73 Å². The Balaban J connectivity index is 1.89. The van der Waals surface area contributed by atoms with Gasteiger partial charge in [0.2, 0.25) is 0 Å². The second-order valence-electron chi connectivity index (χ2n) is 6.24. The summed E-state index contributed by atoms with van der Waals surface area (Å²) in [6.45, 7) is 4.88. The lowest BCUT2D eigenvalue weighted by atomic mass is 9.95. The summed E-state index contributed by atoms with van der Waals surface area (Å²) in [6, 6.07) is 6.32. The fourth-order valence-corrected chi connectivity index (χ4v) is 3.19. The molecule has 0 atom stereocenters. The predicted octanol–water partition coefficient (Wildman–Crippen LogP) is 3.83. The van der Waals surface area contributed by atoms with E-state index in [1.165, 1.54) is 37.7 Å². The standard InChI is InChI=1S/C18H23NO2/c1-12-8-16-14(11-19-15-6-4-3-5-7-15)10-18(20)21-17(16)9-13(12)2/h8-10,15,19H,3-7,11H2,1-2H3. The van der Waals surface area contributed by atoms with Crippen molar-refractivity contribution in [1.82, 2.24) is 5.32 Å². The normalized spacial score (nSPS) is 16.5. The molecule has 1 aliphatic carbocycles. The summed E-state index contributed by atoms with van der Waals surface area (Å²) in [5.41, 5.74) is 3.88. The maximum Gasteiger partial charge on any atom is 0.336 e. The smallest absolute Gasteiger partial charge is 0.336 e. The molecule has 1 aromatic carbocycles. The van der Waals surface area contributed by atoms with Gasteiger partial charge in [-0.2, -0.15) is 0 Å². The number of fused-ring (bicyclic) bond motifs is 1. The largest absolute Gasteiger partial charge is 0.423 e. The first-order chi connectivity index (χ1) is 10.1. The molecule has 0 spiro atoms. The molecule has 0 radical (unpaired) electrons. The highest BCUT2D eigenvalue weighted by atomic mass is 16.4. The van der Waals surface area contributed by atoms with Crippen molar-refractivity contribution >= 4 is 11.0 Å². The summed E-state index contributed by atoms with van der Waals surface area (Å²) in [4.78, 5) is 11.8. The number of nitrogens with one attached hydrogen (secondary N) is 1. The molecule has 0 bridgehead atoms. The van der Waals surface area contributed by atoms with Gasteiger partial charge >= 0.3 is 5.63 Å². The molecular formula is C18H23NO2. The van der Waals surface area contributed by atoms with Crippen LogP contribution in [0.25, 0.3) is 11.0 Å². The maximum absolute atomic E-state index is 11.8. The summed E-state index contributed by atoms with van der Waals surface area (Å²) in [5, 5.41) is 4.67. The van der Waals surface area contributed by atoms with Gasteiger partial charge in [0.15, 0.2) is 0 Å². The van der Waals surface area contributed by atoms with E-state index in [-0.39, 0.29) is 5.63 Å². The van der Waals surface area contributed by atoms with Gasteiger partial charge in [0.25, 0.3) is 0 Å². The maximum atomic E-state index is 11.8. The lowest BCUT2D eigenvalue weighted by molar-refractivity contribution is 0.372. The Morgan fingerprint density at radius 2 is 1.81 bits per heavy atom. The molecule has 1 N–H and O–H groups in total. The minimum atomic E-state index is -0.258. The Hall–Kier alpha value is -1.61. The molecule has 3 heteroatoms. The average molecular weight is 285 g/mol. The molecule has 3 rings (SSSR count). The van der Waals surface area contributed by atoms with Crippen LogP contribution < -0.4 is 10.9 Å². The van der Waals surface area contributed by atoms with Crippen molar-refractivity contribution in [2.24, 2.45) is 0 Å². The SMILES string of the molecule is Cc1cc2oc(=O)cc(CNC3CCCCC3)c2cc1C. The van der Waals surface area contributed by atoms with Gasteiger partial charge in [-0.3, -0.25) is 0 Å². The van der Waals surface area contributed by atoms with Crippen LogP contribution in [0.3, 0.4) is 0 Å². The van der Waals surface area contributed by atoms with Crippen molar-refractivity contribution in [1.29, 1.82) is 0 Å². The number of benzene rings is 1. The van der Waals surface area contributed by atoms with Crippen LogP contribution in [0, 0.1) is 13.8 Å². The molecule has 1 aliphatic rings. The second kappa shape index (κ2) is 6.02. The third-order valence-electron chi connectivity index (χ3n) is 4.63. The summed E-state index contributed by atoms with van der Waals surface area (Å²) >= 11 is 0. The van der Waals surface area contributed by atoms with Crippen molar-refractivity contribution in [3.05, 3.63) is 45.3 Å². The van der Waals surface area contributed by atoms with Crippen LogP contribution in [-0.2, 0) is 6.54 Å². The van der Waals surface area contributed by atoms with E-state index in [0.29, 0.717) is 11.6 Å². The Labute approximate surface area is 125 Å². The summed E-state index contributed by atoms with van der Waals surface area (Å²) < 4.78 is 5.35. The van der Waals surface area contributed by atoms with Crippen molar-refractivity contribution in [3.8, 4) is 0 Å². The molecule has 21 heavy (non-hydrogen) atoms. The highest BCUT2D eigenvalue weighted by molar-refractivity contribution is 5.81. The van der Waals surface area contributed by atoms with Crippen molar-refractivity contribution in [2.45, 2.75) is 58.5 Å². The highest BCUT2D eigenvalue weighted by Crippen LogP contribution is 2.23. The second-order valence-corrected chi connectivity index (χ2v) is 6.24. The van der Waals surface area contributed by atoms with E-state index in [1.807, 2.05) is 13.0 Å². The van der Waals surface area contributed by atoms with E-state index in [2.05, 4.69) is 18.3 Å². The van der Waals surface area contributed by atoms with E-state index in [1.54, 1.807) is 6.07 Å². The van der Waals surface area contributed by atoms with E-state index >= 15 is 0 Å². The fraction of sp³-hybridized carbons (Fsp3) is 0.500. The zero-order valence-corrected chi connectivity index (χ0v) is 12.9. The quantitative estimate of drug-likeness (QED) is 0.871. The van der Waals surface area contributed by atoms with E-state index < -0.39 is 0 Å². The number of hydrogen-bond acceptors (Lipinski definition) is 3. The van der Waals surface area contributed by atoms with Crippen LogP contribution in [0.5, 0.6) is 0 Å². The zero-order valence-electron chi connectivity index (χ0n) is 12.9. The van der Waals surface area contributed by atoms with Crippen molar-refractivity contribution in [2.75, 3.05) is 0 Å². The minimum Gasteiger partial charge on any atom is -0.423 e. The monoisotopic (exact) mass is 285 g/mol. The van der Waals surface area contributed by atoms with Gasteiger partial charge in [-0.1, -0.05) is 19.3 Å². The molecule has 112 valence electrons. The van der Waals surface area contributed by atoms with Crippen LogP contribution in [0.4, 0.5) is 0 Å². The Kier molecular flexibility index (Phi) is 4.11. The molecule has 1 heterocycles. The third-order valence-corrected chi connectivity index (χ3v) is 4.63. The summed E-state index contributed by atoms with van der Waals surface area (Å²) in [5.74, 6) is 0. The topological polar surface area (TPSA) is 42.2 Å². The van der Waals surface area contributed by atoms with Crippen molar-refractivity contribution < 1.29 is 4.42 Å². The van der Waals surface area contributed by atoms with E-state index in [9.17, 15) is 4.79 Å². The highest BCUT2D eigenvalue weighted by Gasteiger charge is 2.14. The van der Waals surface area contributed by atoms with Crippen LogP contribution in [-0.4, -0.2) is 6.04 Å². The zero-order chi connectivity index (χ0) is 14.8. The van der Waals surface area contributed by atoms with Crippen LogP contribution in [0.1, 0.15) is 48.8 Å². The Morgan fingerprint density at radius 1 is 1.10 bits per heavy atom. The number of rotatable bonds is 3. The minimum absolute atomic E-state index is 0.258. The molecule has 0 amide bonds. The van der Waals surface area contributed by atoms with Gasteiger partial charge in [0, 0.05) is 24.0 Å². The molecule has 1 saturated carbocycles. The summed E-state index contributed by atoms with van der Waals surface area (Å²) in [6.07, 6.45) is 6.48. The van der Waals surface area contributed by atoms with Crippen LogP contribution in [0.2, 0.25) is 0 Å². The van der Waals surface area contributed by atoms with E-state index in [0.717, 1.165) is 23.1 Å². The lowest BCUT2D eigenvalue weighted by Gasteiger charge is -2.23. The molecule has 0 unspecified atom stereocenters. The molecular weight excluding hydrogens is 262 g/mol.